The van der Waals surface area contributed by atoms with Gasteiger partial charge in [0.25, 0.3) is 0 Å². The molecule has 0 amide bonds. The van der Waals surface area contributed by atoms with Gasteiger partial charge < -0.3 is 14.9 Å². The number of sulfone groups is 1. The highest BCUT2D eigenvalue weighted by Crippen LogP contribution is 2.33. The molecule has 7 nitrogen and oxygen atoms in total. The van der Waals surface area contributed by atoms with E-state index >= 15 is 0 Å². The van der Waals surface area contributed by atoms with E-state index in [0.717, 1.165) is 12.3 Å². The van der Waals surface area contributed by atoms with Gasteiger partial charge in [0.2, 0.25) is 0 Å². The van der Waals surface area contributed by atoms with Crippen LogP contribution in [0.1, 0.15) is 40.1 Å². The molecule has 0 fully saturated rings. The quantitative estimate of drug-likeness (QED) is 0.816. The molecule has 0 unspecified atom stereocenters. The number of carbonyl (C=O) groups is 2. The molecule has 0 spiro atoms. The van der Waals surface area contributed by atoms with Crippen LogP contribution in [0.15, 0.2) is 11.0 Å². The highest BCUT2D eigenvalue weighted by Gasteiger charge is 2.30. The minimum absolute atomic E-state index is 0.00581. The summed E-state index contributed by atoms with van der Waals surface area (Å²) in [5, 5.41) is 18.6. The zero-order chi connectivity index (χ0) is 17.2. The van der Waals surface area contributed by atoms with Gasteiger partial charge in [-0.15, -0.1) is 0 Å². The second-order valence-corrected chi connectivity index (χ2v) is 7.31. The van der Waals surface area contributed by atoms with Crippen molar-refractivity contribution in [1.82, 2.24) is 0 Å². The van der Waals surface area contributed by atoms with E-state index in [1.807, 2.05) is 0 Å². The average molecular weight is 330 g/mol. The summed E-state index contributed by atoms with van der Waals surface area (Å²) >= 11 is 0. The molecule has 122 valence electrons. The summed E-state index contributed by atoms with van der Waals surface area (Å²) in [5.74, 6) is -3.36. The monoisotopic (exact) mass is 330 g/mol. The van der Waals surface area contributed by atoms with Gasteiger partial charge in [-0.3, -0.25) is 0 Å². The molecule has 0 aliphatic carbocycles. The first kappa shape index (κ1) is 18.0. The smallest absolute Gasteiger partial charge is 0.340 e. The van der Waals surface area contributed by atoms with Crippen LogP contribution in [-0.2, 0) is 9.84 Å². The molecule has 2 N–H and O–H groups in total. The molecule has 0 bridgehead atoms. The number of rotatable bonds is 6. The van der Waals surface area contributed by atoms with Crippen LogP contribution in [0.2, 0.25) is 0 Å². The van der Waals surface area contributed by atoms with Crippen LogP contribution in [0.5, 0.6) is 5.75 Å². The molecule has 0 aliphatic rings. The van der Waals surface area contributed by atoms with E-state index in [9.17, 15) is 28.2 Å². The van der Waals surface area contributed by atoms with E-state index < -0.39 is 38.0 Å². The Balaban J connectivity index is 3.81. The first-order chi connectivity index (χ1) is 9.96. The van der Waals surface area contributed by atoms with Crippen molar-refractivity contribution >= 4 is 21.8 Å². The third kappa shape index (κ3) is 3.76. The van der Waals surface area contributed by atoms with Gasteiger partial charge >= 0.3 is 11.9 Å². The number of hydrogen-bond donors (Lipinski definition) is 2. The second kappa shape index (κ2) is 6.35. The topological polar surface area (TPSA) is 118 Å². The van der Waals surface area contributed by atoms with E-state index in [1.165, 1.54) is 6.92 Å². The minimum Gasteiger partial charge on any atom is -0.491 e. The molecule has 1 aromatic carbocycles. The van der Waals surface area contributed by atoms with Crippen molar-refractivity contribution < 1.29 is 33.0 Å². The van der Waals surface area contributed by atoms with Gasteiger partial charge in [-0.25, -0.2) is 18.0 Å². The van der Waals surface area contributed by atoms with Crippen molar-refractivity contribution in [1.29, 1.82) is 0 Å². The summed E-state index contributed by atoms with van der Waals surface area (Å²) in [5.41, 5.74) is -0.960. The van der Waals surface area contributed by atoms with E-state index in [4.69, 9.17) is 4.74 Å². The van der Waals surface area contributed by atoms with Crippen LogP contribution >= 0.6 is 0 Å². The van der Waals surface area contributed by atoms with Gasteiger partial charge in [0, 0.05) is 6.26 Å². The van der Waals surface area contributed by atoms with Crippen LogP contribution in [0.4, 0.5) is 0 Å². The third-order valence-electron chi connectivity index (χ3n) is 2.79. The van der Waals surface area contributed by atoms with Crippen LogP contribution < -0.4 is 4.74 Å². The lowest BCUT2D eigenvalue weighted by Crippen LogP contribution is -2.17. The number of aromatic carboxylic acids is 2. The summed E-state index contributed by atoms with van der Waals surface area (Å²) in [6.07, 6.45) is 0.869. The van der Waals surface area contributed by atoms with E-state index in [2.05, 4.69) is 0 Å². The lowest BCUT2D eigenvalue weighted by Gasteiger charge is -2.17. The Kier molecular flexibility index (Phi) is 5.18. The van der Waals surface area contributed by atoms with Crippen molar-refractivity contribution in [2.45, 2.75) is 25.7 Å². The maximum Gasteiger partial charge on any atom is 0.340 e. The molecule has 0 saturated heterocycles. The number of aryl methyl sites for hydroxylation is 1. The SMILES string of the molecule is Cc1cc(C(=O)O)c(OCC(C)C)c(C(=O)O)c1S(C)(=O)=O. The predicted octanol–water partition coefficient (Wildman–Crippen LogP) is 1.83. The highest BCUT2D eigenvalue weighted by molar-refractivity contribution is 7.90. The summed E-state index contributed by atoms with van der Waals surface area (Å²) in [4.78, 5) is 22.4. The zero-order valence-corrected chi connectivity index (χ0v) is 13.5. The maximum absolute atomic E-state index is 11.9. The summed E-state index contributed by atoms with van der Waals surface area (Å²) in [6.45, 7) is 5.01. The fourth-order valence-corrected chi connectivity index (χ4v) is 3.21. The fraction of sp³-hybridized carbons (Fsp3) is 0.429. The van der Waals surface area contributed by atoms with Gasteiger partial charge in [0.15, 0.2) is 9.84 Å². The largest absolute Gasteiger partial charge is 0.491 e. The van der Waals surface area contributed by atoms with Crippen molar-refractivity contribution in [2.24, 2.45) is 5.92 Å². The van der Waals surface area contributed by atoms with Crippen LogP contribution in [0, 0.1) is 12.8 Å². The molecule has 0 atom stereocenters. The Hall–Kier alpha value is -2.09. The molecule has 8 heteroatoms. The van der Waals surface area contributed by atoms with Crippen molar-refractivity contribution in [3.8, 4) is 5.75 Å². The van der Waals surface area contributed by atoms with Gasteiger partial charge in [-0.2, -0.15) is 0 Å². The van der Waals surface area contributed by atoms with Crippen LogP contribution in [0.3, 0.4) is 0 Å². The van der Waals surface area contributed by atoms with Crippen LogP contribution in [-0.4, -0.2) is 43.4 Å². The Morgan fingerprint density at radius 3 is 2.14 bits per heavy atom. The molecule has 0 aliphatic heterocycles. The molecule has 0 aromatic heterocycles. The Morgan fingerprint density at radius 1 is 1.23 bits per heavy atom. The minimum atomic E-state index is -3.87. The molecule has 0 heterocycles. The van der Waals surface area contributed by atoms with E-state index in [-0.39, 0.29) is 23.7 Å². The molecule has 0 saturated carbocycles. The number of carboxylic acids is 2. The molecule has 0 radical (unpaired) electrons. The predicted molar refractivity (Wildman–Crippen MR) is 78.5 cm³/mol. The summed E-state index contributed by atoms with van der Waals surface area (Å²) in [6, 6.07) is 1.11. The lowest BCUT2D eigenvalue weighted by molar-refractivity contribution is 0.0683. The average Bonchev–Trinajstić information content (AvgIpc) is 2.33. The maximum atomic E-state index is 11.9. The summed E-state index contributed by atoms with van der Waals surface area (Å²) in [7, 11) is -3.87. The summed E-state index contributed by atoms with van der Waals surface area (Å²) < 4.78 is 29.1. The van der Waals surface area contributed by atoms with E-state index in [1.54, 1.807) is 13.8 Å². The van der Waals surface area contributed by atoms with E-state index in [0.29, 0.717) is 0 Å². The highest BCUT2D eigenvalue weighted by atomic mass is 32.2. The zero-order valence-electron chi connectivity index (χ0n) is 12.7. The van der Waals surface area contributed by atoms with Crippen LogP contribution in [0.25, 0.3) is 0 Å². The van der Waals surface area contributed by atoms with Crippen molar-refractivity contribution in [3.05, 3.63) is 22.8 Å². The fourth-order valence-electron chi connectivity index (χ4n) is 2.01. The normalized spacial score (nSPS) is 11.5. The molecular weight excluding hydrogens is 312 g/mol. The molecule has 22 heavy (non-hydrogen) atoms. The lowest BCUT2D eigenvalue weighted by atomic mass is 10.0. The Bertz CT molecular complexity index is 717. The third-order valence-corrected chi connectivity index (χ3v) is 4.06. The van der Waals surface area contributed by atoms with Gasteiger partial charge in [0.1, 0.15) is 16.9 Å². The molecule has 1 rings (SSSR count). The number of ether oxygens (including phenoxy) is 1. The second-order valence-electron chi connectivity index (χ2n) is 5.36. The standard InChI is InChI=1S/C14H18O7S/c1-7(2)6-21-11-9(13(15)16)5-8(3)12(22(4,19)20)10(11)14(17)18/h5,7H,6H2,1-4H3,(H,15,16)(H,17,18). The van der Waals surface area contributed by atoms with Crippen molar-refractivity contribution in [3.63, 3.8) is 0 Å². The molecule has 1 aromatic rings. The first-order valence-electron chi connectivity index (χ1n) is 6.43. The van der Waals surface area contributed by atoms with Gasteiger partial charge in [-0.05, 0) is 24.5 Å². The number of hydrogen-bond acceptors (Lipinski definition) is 5. The number of carboxylic acid groups (broad SMARTS) is 2. The number of benzene rings is 1. The van der Waals surface area contributed by atoms with Gasteiger partial charge in [0.05, 0.1) is 11.5 Å². The van der Waals surface area contributed by atoms with Gasteiger partial charge in [-0.1, -0.05) is 13.8 Å². The Labute approximate surface area is 128 Å². The first-order valence-corrected chi connectivity index (χ1v) is 8.33. The van der Waals surface area contributed by atoms with Crippen molar-refractivity contribution in [2.75, 3.05) is 12.9 Å². The Morgan fingerprint density at radius 2 is 1.77 bits per heavy atom. The molecular formula is C14H18O7S.